The van der Waals surface area contributed by atoms with Gasteiger partial charge in [0.1, 0.15) is 0 Å². The molecular weight excluding hydrogens is 330 g/mol. The summed E-state index contributed by atoms with van der Waals surface area (Å²) in [7, 11) is -3.56. The third kappa shape index (κ3) is 5.34. The summed E-state index contributed by atoms with van der Waals surface area (Å²) in [6.07, 6.45) is 0. The molecule has 0 saturated carbocycles. The first-order valence-corrected chi connectivity index (χ1v) is 9.87. The molecule has 0 radical (unpaired) electrons. The van der Waals surface area contributed by atoms with E-state index in [2.05, 4.69) is 14.9 Å². The van der Waals surface area contributed by atoms with Crippen LogP contribution in [0.2, 0.25) is 0 Å². The van der Waals surface area contributed by atoms with Crippen molar-refractivity contribution >= 4 is 10.0 Å². The minimum absolute atomic E-state index is 0.190. The number of hydrogen-bond donors (Lipinski definition) is 2. The summed E-state index contributed by atoms with van der Waals surface area (Å²) in [6, 6.07) is 4.70. The molecule has 1 fully saturated rings. The van der Waals surface area contributed by atoms with Crippen LogP contribution in [0.5, 0.6) is 11.5 Å². The Morgan fingerprint density at radius 2 is 1.79 bits per heavy atom. The predicted octanol–water partition coefficient (Wildman–Crippen LogP) is 0.668. The highest BCUT2D eigenvalue weighted by Gasteiger charge is 2.18. The third-order valence-corrected chi connectivity index (χ3v) is 5.21. The summed E-state index contributed by atoms with van der Waals surface area (Å²) in [5.74, 6) is 1.00. The summed E-state index contributed by atoms with van der Waals surface area (Å²) in [5.41, 5.74) is 0. The van der Waals surface area contributed by atoms with E-state index in [1.54, 1.807) is 12.1 Å². The Kier molecular flexibility index (Phi) is 7.29. The molecule has 1 heterocycles. The number of rotatable bonds is 9. The van der Waals surface area contributed by atoms with E-state index in [1.165, 1.54) is 6.07 Å². The number of nitrogens with one attached hydrogen (secondary N) is 2. The van der Waals surface area contributed by atoms with Crippen LogP contribution in [0, 0.1) is 0 Å². The average Bonchev–Trinajstić information content (AvgIpc) is 2.57. The van der Waals surface area contributed by atoms with Gasteiger partial charge in [-0.05, 0) is 26.0 Å². The van der Waals surface area contributed by atoms with E-state index in [0.29, 0.717) is 37.8 Å². The zero-order valence-electron chi connectivity index (χ0n) is 14.4. The van der Waals surface area contributed by atoms with Gasteiger partial charge in [-0.25, -0.2) is 13.1 Å². The topological polar surface area (TPSA) is 79.9 Å². The Morgan fingerprint density at radius 1 is 1.12 bits per heavy atom. The molecule has 1 aromatic carbocycles. The second-order valence-electron chi connectivity index (χ2n) is 5.46. The highest BCUT2D eigenvalue weighted by atomic mass is 32.2. The number of piperazine rings is 1. The molecule has 0 atom stereocenters. The molecule has 24 heavy (non-hydrogen) atoms. The van der Waals surface area contributed by atoms with Crippen molar-refractivity contribution in [3.63, 3.8) is 0 Å². The molecule has 8 heteroatoms. The summed E-state index contributed by atoms with van der Waals surface area (Å²) in [6.45, 7) is 9.54. The van der Waals surface area contributed by atoms with Crippen molar-refractivity contribution in [1.29, 1.82) is 0 Å². The second kappa shape index (κ2) is 9.22. The number of sulfonamides is 1. The van der Waals surface area contributed by atoms with Crippen LogP contribution < -0.4 is 19.5 Å². The number of benzene rings is 1. The molecule has 1 aliphatic heterocycles. The van der Waals surface area contributed by atoms with Crippen LogP contribution in [-0.4, -0.2) is 65.8 Å². The van der Waals surface area contributed by atoms with Crippen LogP contribution in [0.3, 0.4) is 0 Å². The summed E-state index contributed by atoms with van der Waals surface area (Å²) < 4.78 is 38.5. The number of hydrogen-bond acceptors (Lipinski definition) is 6. The van der Waals surface area contributed by atoms with Crippen molar-refractivity contribution in [2.24, 2.45) is 0 Å². The molecule has 0 aliphatic carbocycles. The molecule has 1 aromatic rings. The Hall–Kier alpha value is -1.35. The van der Waals surface area contributed by atoms with Gasteiger partial charge >= 0.3 is 0 Å². The van der Waals surface area contributed by atoms with E-state index in [4.69, 9.17) is 9.47 Å². The summed E-state index contributed by atoms with van der Waals surface area (Å²) in [5, 5.41) is 3.27. The van der Waals surface area contributed by atoms with E-state index < -0.39 is 10.0 Å². The molecule has 1 saturated heterocycles. The normalized spacial score (nSPS) is 16.1. The zero-order chi connectivity index (χ0) is 17.4. The number of nitrogens with zero attached hydrogens (tertiary/aromatic N) is 1. The van der Waals surface area contributed by atoms with E-state index in [1.807, 2.05) is 13.8 Å². The Morgan fingerprint density at radius 3 is 2.46 bits per heavy atom. The molecule has 0 amide bonds. The molecule has 2 N–H and O–H groups in total. The zero-order valence-corrected chi connectivity index (χ0v) is 15.2. The first kappa shape index (κ1) is 19.0. The van der Waals surface area contributed by atoms with Crippen molar-refractivity contribution in [3.8, 4) is 11.5 Å². The number of ether oxygens (including phenoxy) is 2. The molecule has 2 rings (SSSR count). The fraction of sp³-hybridized carbons (Fsp3) is 0.625. The quantitative estimate of drug-likeness (QED) is 0.676. The van der Waals surface area contributed by atoms with Crippen LogP contribution in [-0.2, 0) is 10.0 Å². The van der Waals surface area contributed by atoms with E-state index in [-0.39, 0.29) is 4.90 Å². The van der Waals surface area contributed by atoms with Crippen LogP contribution >= 0.6 is 0 Å². The van der Waals surface area contributed by atoms with E-state index >= 15 is 0 Å². The first-order chi connectivity index (χ1) is 11.6. The van der Waals surface area contributed by atoms with Gasteiger partial charge in [0.15, 0.2) is 11.5 Å². The minimum Gasteiger partial charge on any atom is -0.490 e. The average molecular weight is 357 g/mol. The predicted molar refractivity (Wildman–Crippen MR) is 93.3 cm³/mol. The molecule has 136 valence electrons. The Bertz CT molecular complexity index is 616. The molecular formula is C16H27N3O4S. The van der Waals surface area contributed by atoms with E-state index in [0.717, 1.165) is 26.2 Å². The van der Waals surface area contributed by atoms with Gasteiger partial charge in [-0.2, -0.15) is 0 Å². The van der Waals surface area contributed by atoms with Gasteiger partial charge in [0.2, 0.25) is 10.0 Å². The fourth-order valence-electron chi connectivity index (χ4n) is 2.55. The SMILES string of the molecule is CCOc1ccc(S(=O)(=O)NCCN2CCNCC2)cc1OCC. The van der Waals surface area contributed by atoms with Crippen LogP contribution in [0.15, 0.2) is 23.1 Å². The van der Waals surface area contributed by atoms with Gasteiger partial charge in [-0.3, -0.25) is 4.90 Å². The maximum atomic E-state index is 12.5. The van der Waals surface area contributed by atoms with Crippen LogP contribution in [0.1, 0.15) is 13.8 Å². The Balaban J connectivity index is 2.00. The van der Waals surface area contributed by atoms with Crippen molar-refractivity contribution in [3.05, 3.63) is 18.2 Å². The maximum absolute atomic E-state index is 12.5. The van der Waals surface area contributed by atoms with Crippen molar-refractivity contribution in [2.75, 3.05) is 52.5 Å². The molecule has 0 spiro atoms. The van der Waals surface area contributed by atoms with Crippen molar-refractivity contribution in [1.82, 2.24) is 14.9 Å². The van der Waals surface area contributed by atoms with Gasteiger partial charge in [0.25, 0.3) is 0 Å². The van der Waals surface area contributed by atoms with Crippen molar-refractivity contribution < 1.29 is 17.9 Å². The summed E-state index contributed by atoms with van der Waals surface area (Å²) in [4.78, 5) is 2.43. The monoisotopic (exact) mass is 357 g/mol. The van der Waals surface area contributed by atoms with Crippen molar-refractivity contribution in [2.45, 2.75) is 18.7 Å². The van der Waals surface area contributed by atoms with Gasteiger partial charge in [0, 0.05) is 45.3 Å². The highest BCUT2D eigenvalue weighted by molar-refractivity contribution is 7.89. The maximum Gasteiger partial charge on any atom is 0.240 e. The largest absolute Gasteiger partial charge is 0.490 e. The standard InChI is InChI=1S/C16H27N3O4S/c1-3-22-15-6-5-14(13-16(15)23-4-2)24(20,21)18-9-12-19-10-7-17-8-11-19/h5-6,13,17-18H,3-4,7-12H2,1-2H3. The highest BCUT2D eigenvalue weighted by Crippen LogP contribution is 2.30. The van der Waals surface area contributed by atoms with E-state index in [9.17, 15) is 8.42 Å². The smallest absolute Gasteiger partial charge is 0.240 e. The molecule has 1 aliphatic rings. The lowest BCUT2D eigenvalue weighted by atomic mass is 10.3. The summed E-state index contributed by atoms with van der Waals surface area (Å²) >= 11 is 0. The first-order valence-electron chi connectivity index (χ1n) is 8.39. The Labute approximate surface area is 144 Å². The molecule has 7 nitrogen and oxygen atoms in total. The lowest BCUT2D eigenvalue weighted by Gasteiger charge is -2.27. The second-order valence-corrected chi connectivity index (χ2v) is 7.23. The van der Waals surface area contributed by atoms with Crippen LogP contribution in [0.25, 0.3) is 0 Å². The fourth-order valence-corrected chi connectivity index (χ4v) is 3.59. The van der Waals surface area contributed by atoms with Gasteiger partial charge in [-0.1, -0.05) is 0 Å². The molecule has 0 bridgehead atoms. The van der Waals surface area contributed by atoms with Crippen LogP contribution in [0.4, 0.5) is 0 Å². The minimum atomic E-state index is -3.56. The van der Waals surface area contributed by atoms with Gasteiger partial charge < -0.3 is 14.8 Å². The lowest BCUT2D eigenvalue weighted by Crippen LogP contribution is -2.46. The molecule has 0 aromatic heterocycles. The van der Waals surface area contributed by atoms with Gasteiger partial charge in [-0.15, -0.1) is 0 Å². The third-order valence-electron chi connectivity index (χ3n) is 3.75. The lowest BCUT2D eigenvalue weighted by molar-refractivity contribution is 0.245. The molecule has 0 unspecified atom stereocenters. The van der Waals surface area contributed by atoms with Gasteiger partial charge in [0.05, 0.1) is 18.1 Å².